The maximum absolute atomic E-state index is 12.4. The van der Waals surface area contributed by atoms with Crippen LogP contribution in [0, 0.1) is 0 Å². The van der Waals surface area contributed by atoms with E-state index in [0.29, 0.717) is 23.4 Å². The molecule has 0 radical (unpaired) electrons. The van der Waals surface area contributed by atoms with Gasteiger partial charge in [-0.3, -0.25) is 9.59 Å². The first-order valence-electron chi connectivity index (χ1n) is 10.0. The van der Waals surface area contributed by atoms with E-state index in [0.717, 1.165) is 43.8 Å². The lowest BCUT2D eigenvalue weighted by Gasteiger charge is -2.18. The summed E-state index contributed by atoms with van der Waals surface area (Å²) in [6.45, 7) is 1.99. The molecule has 1 aliphatic rings. The number of Topliss-reactive ketones (excluding diaryl/α,β-unsaturated/α-hetero) is 1. The van der Waals surface area contributed by atoms with Crippen LogP contribution in [0.3, 0.4) is 0 Å². The largest absolute Gasteiger partial charge is 0.482 e. The molecule has 29 heavy (non-hydrogen) atoms. The number of unbranched alkanes of at least 4 members (excludes halogenated alkanes) is 2. The number of carbonyl (C=O) groups excluding carboxylic acids is 2. The first-order chi connectivity index (χ1) is 14.0. The van der Waals surface area contributed by atoms with Gasteiger partial charge in [-0.05, 0) is 62.7 Å². The Morgan fingerprint density at radius 2 is 1.97 bits per heavy atom. The monoisotopic (exact) mass is 414 g/mol. The number of amides is 1. The molecule has 1 heterocycles. The van der Waals surface area contributed by atoms with Gasteiger partial charge in [0.15, 0.2) is 12.4 Å². The van der Waals surface area contributed by atoms with Gasteiger partial charge >= 0.3 is 0 Å². The Labute approximate surface area is 177 Å². The van der Waals surface area contributed by atoms with Crippen LogP contribution in [0.25, 0.3) is 0 Å². The number of fused-ring (bicyclic) bond motifs is 1. The van der Waals surface area contributed by atoms with Gasteiger partial charge in [0.1, 0.15) is 5.75 Å². The first-order valence-corrected chi connectivity index (χ1v) is 10.4. The number of hydrogen-bond acceptors (Lipinski definition) is 4. The number of rotatable bonds is 10. The smallest absolute Gasteiger partial charge is 0.262 e. The number of anilines is 1. The van der Waals surface area contributed by atoms with Crippen molar-refractivity contribution in [3.8, 4) is 5.75 Å². The highest BCUT2D eigenvalue weighted by atomic mass is 35.5. The molecule has 0 saturated carbocycles. The molecule has 2 aromatic carbocycles. The molecule has 0 fully saturated rings. The van der Waals surface area contributed by atoms with Crippen LogP contribution in [0.4, 0.5) is 5.69 Å². The van der Waals surface area contributed by atoms with E-state index in [9.17, 15) is 9.59 Å². The normalized spacial score (nSPS) is 13.0. The Hall–Kier alpha value is -2.37. The number of likely N-dealkylation sites (N-methyl/N-ethyl adjacent to an activating group) is 1. The number of carbonyl (C=O) groups is 2. The zero-order valence-corrected chi connectivity index (χ0v) is 17.5. The molecule has 0 saturated heterocycles. The average Bonchev–Trinajstić information content (AvgIpc) is 2.72. The van der Waals surface area contributed by atoms with Crippen LogP contribution in [0.15, 0.2) is 42.5 Å². The van der Waals surface area contributed by atoms with Gasteiger partial charge in [-0.15, -0.1) is 0 Å². The van der Waals surface area contributed by atoms with Crippen LogP contribution in [0.2, 0.25) is 5.02 Å². The van der Waals surface area contributed by atoms with E-state index in [1.807, 2.05) is 18.2 Å². The summed E-state index contributed by atoms with van der Waals surface area (Å²) < 4.78 is 5.33. The highest BCUT2D eigenvalue weighted by Gasteiger charge is 2.17. The summed E-state index contributed by atoms with van der Waals surface area (Å²) in [6.07, 6.45) is 4.37. The summed E-state index contributed by atoms with van der Waals surface area (Å²) in [5.74, 6) is 0.515. The Morgan fingerprint density at radius 3 is 2.79 bits per heavy atom. The molecule has 2 aromatic rings. The molecule has 0 unspecified atom stereocenters. The SMILES string of the molecule is CN(CCCCCC(=O)c1ccc2c(c1)NC(=O)CO2)CCc1ccccc1Cl. The summed E-state index contributed by atoms with van der Waals surface area (Å²) in [7, 11) is 2.12. The van der Waals surface area contributed by atoms with E-state index >= 15 is 0 Å². The van der Waals surface area contributed by atoms with Crippen LogP contribution >= 0.6 is 11.6 Å². The van der Waals surface area contributed by atoms with Gasteiger partial charge in [0.2, 0.25) is 0 Å². The van der Waals surface area contributed by atoms with Crippen LogP contribution in [-0.4, -0.2) is 43.3 Å². The molecule has 0 aromatic heterocycles. The number of hydrogen-bond donors (Lipinski definition) is 1. The van der Waals surface area contributed by atoms with Crippen LogP contribution in [-0.2, 0) is 11.2 Å². The molecular weight excluding hydrogens is 388 g/mol. The molecule has 0 aliphatic carbocycles. The lowest BCUT2D eigenvalue weighted by molar-refractivity contribution is -0.118. The van der Waals surface area contributed by atoms with E-state index in [1.54, 1.807) is 18.2 Å². The predicted molar refractivity (Wildman–Crippen MR) is 116 cm³/mol. The Morgan fingerprint density at radius 1 is 1.14 bits per heavy atom. The summed E-state index contributed by atoms with van der Waals surface area (Å²) in [5, 5.41) is 3.57. The zero-order chi connectivity index (χ0) is 20.6. The third-order valence-corrected chi connectivity index (χ3v) is 5.47. The highest BCUT2D eigenvalue weighted by molar-refractivity contribution is 6.31. The van der Waals surface area contributed by atoms with Crippen molar-refractivity contribution < 1.29 is 14.3 Å². The minimum absolute atomic E-state index is 0.0210. The number of nitrogens with zero attached hydrogens (tertiary/aromatic N) is 1. The number of benzene rings is 2. The predicted octanol–water partition coefficient (Wildman–Crippen LogP) is 4.59. The quantitative estimate of drug-likeness (QED) is 0.456. The lowest BCUT2D eigenvalue weighted by atomic mass is 10.0. The van der Waals surface area contributed by atoms with E-state index < -0.39 is 0 Å². The molecule has 0 bridgehead atoms. The molecule has 3 rings (SSSR count). The van der Waals surface area contributed by atoms with E-state index in [4.69, 9.17) is 16.3 Å². The topological polar surface area (TPSA) is 58.6 Å². The van der Waals surface area contributed by atoms with Gasteiger partial charge in [0, 0.05) is 23.6 Å². The molecule has 0 spiro atoms. The molecule has 5 nitrogen and oxygen atoms in total. The van der Waals surface area contributed by atoms with Crippen molar-refractivity contribution in [3.05, 3.63) is 58.6 Å². The molecule has 1 N–H and O–H groups in total. The second-order valence-electron chi connectivity index (χ2n) is 7.43. The summed E-state index contributed by atoms with van der Waals surface area (Å²) in [6, 6.07) is 13.2. The van der Waals surface area contributed by atoms with Gasteiger partial charge in [0.25, 0.3) is 5.91 Å². The summed E-state index contributed by atoms with van der Waals surface area (Å²) in [5.41, 5.74) is 2.37. The molecule has 1 aliphatic heterocycles. The maximum atomic E-state index is 12.4. The van der Waals surface area contributed by atoms with Crippen molar-refractivity contribution in [1.82, 2.24) is 4.90 Å². The van der Waals surface area contributed by atoms with Gasteiger partial charge in [0.05, 0.1) is 5.69 Å². The van der Waals surface area contributed by atoms with Crippen LogP contribution in [0.1, 0.15) is 41.6 Å². The summed E-state index contributed by atoms with van der Waals surface area (Å²) in [4.78, 5) is 26.1. The van der Waals surface area contributed by atoms with Crippen LogP contribution in [0.5, 0.6) is 5.75 Å². The third-order valence-electron chi connectivity index (χ3n) is 5.10. The Bertz CT molecular complexity index is 869. The van der Waals surface area contributed by atoms with Crippen molar-refractivity contribution in [1.29, 1.82) is 0 Å². The Kier molecular flexibility index (Phi) is 7.67. The van der Waals surface area contributed by atoms with Gasteiger partial charge in [-0.1, -0.05) is 36.2 Å². The van der Waals surface area contributed by atoms with E-state index in [2.05, 4.69) is 23.3 Å². The third kappa shape index (κ3) is 6.31. The molecule has 1 amide bonds. The highest BCUT2D eigenvalue weighted by Crippen LogP contribution is 2.29. The zero-order valence-electron chi connectivity index (χ0n) is 16.7. The number of nitrogens with one attached hydrogen (secondary N) is 1. The van der Waals surface area contributed by atoms with Crippen molar-refractivity contribution in [3.63, 3.8) is 0 Å². The second kappa shape index (κ2) is 10.4. The lowest BCUT2D eigenvalue weighted by Crippen LogP contribution is -2.25. The molecule has 154 valence electrons. The maximum Gasteiger partial charge on any atom is 0.262 e. The fourth-order valence-electron chi connectivity index (χ4n) is 3.37. The summed E-state index contributed by atoms with van der Waals surface area (Å²) >= 11 is 6.20. The average molecular weight is 415 g/mol. The van der Waals surface area contributed by atoms with E-state index in [1.165, 1.54) is 5.56 Å². The van der Waals surface area contributed by atoms with Crippen molar-refractivity contribution >= 4 is 29.0 Å². The first kappa shape index (κ1) is 21.3. The van der Waals surface area contributed by atoms with Gasteiger partial charge in [-0.25, -0.2) is 0 Å². The molecule has 0 atom stereocenters. The van der Waals surface area contributed by atoms with Crippen molar-refractivity contribution in [2.24, 2.45) is 0 Å². The van der Waals surface area contributed by atoms with E-state index in [-0.39, 0.29) is 18.3 Å². The minimum Gasteiger partial charge on any atom is -0.482 e. The molecule has 6 heteroatoms. The fraction of sp³-hybridized carbons (Fsp3) is 0.391. The van der Waals surface area contributed by atoms with Crippen molar-refractivity contribution in [2.45, 2.75) is 32.1 Å². The number of halogens is 1. The standard InChI is InChI=1S/C23H27ClN2O3/c1-26(14-12-17-7-4-5-8-19(17)24)13-6-2-3-9-21(27)18-10-11-22-20(15-18)25-23(28)16-29-22/h4-5,7-8,10-11,15H,2-3,6,9,12-14,16H2,1H3,(H,25,28). The number of ketones is 1. The second-order valence-corrected chi connectivity index (χ2v) is 7.83. The van der Waals surface area contributed by atoms with Gasteiger partial charge in [-0.2, -0.15) is 0 Å². The number of ether oxygens (including phenoxy) is 1. The fourth-order valence-corrected chi connectivity index (χ4v) is 3.60. The van der Waals surface area contributed by atoms with Gasteiger partial charge < -0.3 is 15.0 Å². The van der Waals surface area contributed by atoms with Crippen molar-refractivity contribution in [2.75, 3.05) is 32.1 Å². The van der Waals surface area contributed by atoms with Crippen LogP contribution < -0.4 is 10.1 Å². The Balaban J connectivity index is 1.34. The minimum atomic E-state index is -0.194. The molecular formula is C23H27ClN2O3.